The Morgan fingerprint density at radius 2 is 0.672 bits per heavy atom. The highest BCUT2D eigenvalue weighted by Gasteiger charge is 2.36. The molecule has 378 valence electrons. The summed E-state index contributed by atoms with van der Waals surface area (Å²) in [6.45, 7) is 19.8. The number of rotatable bonds is 3. The Morgan fingerprint density at radius 1 is 0.478 bits per heavy atom. The molecule has 0 aliphatic carbocycles. The number of aliphatic hydroxyl groups excluding tert-OH is 3. The number of hydrogen-bond acceptors (Lipinski definition) is 9. The van der Waals surface area contributed by atoms with Gasteiger partial charge in [-0.1, -0.05) is 91.6 Å². The van der Waals surface area contributed by atoms with E-state index in [4.69, 9.17) is 14.2 Å². The number of halogens is 3. The lowest BCUT2D eigenvalue weighted by Crippen LogP contribution is -2.46. The Morgan fingerprint density at radius 3 is 0.851 bits per heavy atom. The predicted molar refractivity (Wildman–Crippen MR) is 293 cm³/mol. The van der Waals surface area contributed by atoms with Crippen LogP contribution in [-0.4, -0.2) is 123 Å². The number of carbonyl (C=O) groups excluding carboxylic acids is 3. The third-order valence-electron chi connectivity index (χ3n) is 10.6. The fourth-order valence-corrected chi connectivity index (χ4v) is 8.20. The molecule has 3 unspecified atom stereocenters. The van der Waals surface area contributed by atoms with Crippen LogP contribution >= 0.6 is 75.5 Å². The molecule has 3 aliphatic heterocycles. The fraction of sp³-hybridized carbons (Fsp3) is 0.571. The van der Waals surface area contributed by atoms with Gasteiger partial charge in [0, 0.05) is 70.4 Å². The summed E-state index contributed by atoms with van der Waals surface area (Å²) in [6, 6.07) is 23.6. The summed E-state index contributed by atoms with van der Waals surface area (Å²) in [6.07, 6.45) is -0.496. The van der Waals surface area contributed by atoms with Crippen LogP contribution in [0.25, 0.3) is 0 Å². The Bertz CT molecular complexity index is 1730. The average molecular weight is 1180 g/mol. The summed E-state index contributed by atoms with van der Waals surface area (Å²) >= 11 is 10.2. The first kappa shape index (κ1) is 63.1. The van der Waals surface area contributed by atoms with Gasteiger partial charge in [0.2, 0.25) is 0 Å². The zero-order valence-electron chi connectivity index (χ0n) is 39.9. The summed E-state index contributed by atoms with van der Waals surface area (Å²) < 4.78 is 19.2. The summed E-state index contributed by atoms with van der Waals surface area (Å²) in [7, 11) is 4.67. The van der Waals surface area contributed by atoms with Gasteiger partial charge in [0.1, 0.15) is 16.8 Å². The second-order valence-electron chi connectivity index (χ2n) is 19.3. The van der Waals surface area contributed by atoms with E-state index in [0.29, 0.717) is 58.5 Å². The van der Waals surface area contributed by atoms with Crippen molar-refractivity contribution in [3.63, 3.8) is 0 Å². The predicted octanol–water partition coefficient (Wildman–Crippen LogP) is 11.9. The van der Waals surface area contributed by atoms with Crippen LogP contribution in [0.4, 0.5) is 14.4 Å². The van der Waals surface area contributed by atoms with Crippen molar-refractivity contribution in [1.29, 1.82) is 0 Å². The highest BCUT2D eigenvalue weighted by Crippen LogP contribution is 2.32. The van der Waals surface area contributed by atoms with Crippen molar-refractivity contribution in [2.75, 3.05) is 39.3 Å². The van der Waals surface area contributed by atoms with E-state index in [-0.39, 0.29) is 53.4 Å². The maximum absolute atomic E-state index is 12.2. The van der Waals surface area contributed by atoms with E-state index in [1.807, 2.05) is 135 Å². The third-order valence-corrected chi connectivity index (χ3v) is 12.2. The van der Waals surface area contributed by atoms with Gasteiger partial charge in [-0.3, -0.25) is 0 Å². The van der Waals surface area contributed by atoms with Crippen LogP contribution in [0.15, 0.2) is 86.2 Å². The minimum absolute atomic E-state index is 0. The molecule has 3 saturated heterocycles. The van der Waals surface area contributed by atoms with Gasteiger partial charge in [-0.15, -0.1) is 17.9 Å². The van der Waals surface area contributed by atoms with Crippen molar-refractivity contribution in [3.8, 4) is 0 Å². The Balaban J connectivity index is 0.000000486. The van der Waals surface area contributed by atoms with Crippen LogP contribution in [0.2, 0.25) is 0 Å². The normalized spacial score (nSPS) is 21.7. The largest absolute Gasteiger partial charge is 0.444 e. The molecule has 0 aromatic heterocycles. The molecule has 0 bridgehead atoms. The van der Waals surface area contributed by atoms with Gasteiger partial charge in [-0.25, -0.2) is 14.4 Å². The van der Waals surface area contributed by atoms with Crippen molar-refractivity contribution in [2.45, 2.75) is 142 Å². The molecule has 3 aromatic carbocycles. The maximum Gasteiger partial charge on any atom is 0.410 e. The number of carbonyl (C=O) groups is 3. The van der Waals surface area contributed by atoms with E-state index in [1.54, 1.807) is 14.7 Å². The van der Waals surface area contributed by atoms with E-state index < -0.39 is 35.1 Å². The fourth-order valence-electron chi connectivity index (χ4n) is 7.41. The second-order valence-corrected chi connectivity index (χ2v) is 22.1. The maximum atomic E-state index is 12.2. The Kier molecular flexibility index (Phi) is 27.1. The number of benzene rings is 3. The number of nitrogens with zero attached hydrogens (tertiary/aromatic N) is 3. The summed E-state index contributed by atoms with van der Waals surface area (Å²) in [5.74, 6) is -0.210. The zero-order valence-corrected chi connectivity index (χ0v) is 48.4. The average Bonchev–Trinajstić information content (AvgIpc) is 3.22. The number of piperidine rings is 3. The topological polar surface area (TPSA) is 149 Å². The molecule has 9 atom stereocenters. The lowest BCUT2D eigenvalue weighted by Gasteiger charge is -2.37. The van der Waals surface area contributed by atoms with Gasteiger partial charge in [-0.05, 0) is 135 Å². The first-order valence-electron chi connectivity index (χ1n) is 21.9. The van der Waals surface area contributed by atoms with E-state index in [1.165, 1.54) is 0 Å². The lowest BCUT2D eigenvalue weighted by atomic mass is 9.88. The molecule has 3 amide bonds. The highest BCUT2D eigenvalue weighted by atomic mass is 79.9. The number of aliphatic hydroxyl groups is 3. The van der Waals surface area contributed by atoms with E-state index in [9.17, 15) is 29.7 Å². The second kappa shape index (κ2) is 28.8. The van der Waals surface area contributed by atoms with Gasteiger partial charge in [-0.2, -0.15) is 9.90 Å². The molecule has 67 heavy (non-hydrogen) atoms. The molecule has 3 aliphatic rings. The van der Waals surface area contributed by atoms with Crippen LogP contribution in [0, 0.1) is 0 Å². The summed E-state index contributed by atoms with van der Waals surface area (Å²) in [4.78, 5) is 41.6. The minimum atomic E-state index is -0.500. The molecule has 3 fully saturated rings. The van der Waals surface area contributed by atoms with Crippen molar-refractivity contribution >= 4 is 93.8 Å². The molecule has 12 nitrogen and oxygen atoms in total. The van der Waals surface area contributed by atoms with Crippen molar-refractivity contribution in [1.82, 2.24) is 14.7 Å². The minimum Gasteiger partial charge on any atom is -0.444 e. The van der Waals surface area contributed by atoms with Crippen LogP contribution in [0.5, 0.6) is 0 Å². The SMILES string of the molecule is C.CC(C)(C)OC(=O)N1CC[C@@H](O)[C@H](c2ccc(Br)cc2)C1.CC(C)(C)OC(=O)N1CC[C@@H](O)[C@H](c2ccc(Br)cc2)C1.CC(C)(C)OC(=O)N1CC[C@H](O)[C@@H](c2ccc(Br)cc2)C1.P.PP. The van der Waals surface area contributed by atoms with Crippen LogP contribution in [0.3, 0.4) is 0 Å². The van der Waals surface area contributed by atoms with Gasteiger partial charge < -0.3 is 44.2 Å². The highest BCUT2D eigenvalue weighted by molar-refractivity contribution is 9.11. The molecule has 0 spiro atoms. The summed E-state index contributed by atoms with van der Waals surface area (Å²) in [5, 5.41) is 30.7. The molecule has 0 radical (unpaired) electrons. The van der Waals surface area contributed by atoms with Gasteiger partial charge in [0.25, 0.3) is 0 Å². The van der Waals surface area contributed by atoms with Gasteiger partial charge in [0.05, 0.1) is 18.3 Å². The summed E-state index contributed by atoms with van der Waals surface area (Å²) in [5.41, 5.74) is 1.62. The van der Waals surface area contributed by atoms with Gasteiger partial charge >= 0.3 is 18.3 Å². The van der Waals surface area contributed by atoms with Crippen molar-refractivity contribution < 1.29 is 43.9 Å². The smallest absolute Gasteiger partial charge is 0.410 e. The molecule has 6 rings (SSSR count). The lowest BCUT2D eigenvalue weighted by molar-refractivity contribution is 0.00289. The van der Waals surface area contributed by atoms with Gasteiger partial charge in [0.15, 0.2) is 0 Å². The molecule has 3 heterocycles. The first-order valence-corrected chi connectivity index (χ1v) is 26.9. The molecular weight excluding hydrogens is 1110 g/mol. The molecule has 18 heteroatoms. The first-order chi connectivity index (χ1) is 30.3. The molecule has 3 aromatic rings. The van der Waals surface area contributed by atoms with Crippen LogP contribution in [-0.2, 0) is 14.2 Å². The monoisotopic (exact) mass is 1180 g/mol. The van der Waals surface area contributed by atoms with Crippen LogP contribution in [0.1, 0.15) is 123 Å². The van der Waals surface area contributed by atoms with E-state index >= 15 is 0 Å². The Hall–Kier alpha value is -1.92. The van der Waals surface area contributed by atoms with E-state index in [0.717, 1.165) is 30.1 Å². The van der Waals surface area contributed by atoms with Crippen molar-refractivity contribution in [3.05, 3.63) is 103 Å². The van der Waals surface area contributed by atoms with E-state index in [2.05, 4.69) is 65.6 Å². The quantitative estimate of drug-likeness (QED) is 0.172. The Labute approximate surface area is 433 Å². The third kappa shape index (κ3) is 21.9. The molecule has 3 N–H and O–H groups in total. The van der Waals surface area contributed by atoms with Crippen LogP contribution < -0.4 is 0 Å². The van der Waals surface area contributed by atoms with Crippen molar-refractivity contribution in [2.24, 2.45) is 0 Å². The molecule has 0 saturated carbocycles. The zero-order chi connectivity index (χ0) is 48.9. The standard InChI is InChI=1S/3C16H22BrNO3.CH4.H4P2.H3P/c3*1-16(2,3)21-15(20)18-9-8-14(19)13(10-18)11-4-6-12(17)7-5-11;;1-2;/h3*4-7,13-14,19H,8-10H2,1-3H3;1H4;1-2H2;1H3/t3*13-,14+;;;/m100.../s1. The molecular formula is C49H77Br3N3O9P3. The number of amides is 3. The number of ether oxygens (including phenoxy) is 3. The number of hydrogen-bond donors (Lipinski definition) is 3. The number of likely N-dealkylation sites (tertiary alicyclic amines) is 3.